The fourth-order valence-corrected chi connectivity index (χ4v) is 2.02. The van der Waals surface area contributed by atoms with Gasteiger partial charge >= 0.3 is 0 Å². The molecule has 0 aromatic rings. The van der Waals surface area contributed by atoms with Crippen molar-refractivity contribution in [1.29, 1.82) is 0 Å². The molecule has 78 valence electrons. The Labute approximate surface area is 82.7 Å². The third-order valence-corrected chi connectivity index (χ3v) is 2.98. The summed E-state index contributed by atoms with van der Waals surface area (Å²) >= 11 is 0. The lowest BCUT2D eigenvalue weighted by Gasteiger charge is -2.39. The molecule has 13 heavy (non-hydrogen) atoms. The fourth-order valence-electron chi connectivity index (χ4n) is 2.02. The minimum atomic E-state index is 0.711. The van der Waals surface area contributed by atoms with E-state index in [9.17, 15) is 0 Å². The summed E-state index contributed by atoms with van der Waals surface area (Å²) in [4.78, 5) is 2.64. The summed E-state index contributed by atoms with van der Waals surface area (Å²) in [7, 11) is 0. The summed E-state index contributed by atoms with van der Waals surface area (Å²) in [6.45, 7) is 12.8. The second-order valence-corrected chi connectivity index (χ2v) is 4.78. The molecule has 1 heterocycles. The van der Waals surface area contributed by atoms with Crippen molar-refractivity contribution in [2.24, 2.45) is 5.92 Å². The van der Waals surface area contributed by atoms with Crippen molar-refractivity contribution < 1.29 is 0 Å². The minimum Gasteiger partial charge on any atom is -0.314 e. The molecular weight excluding hydrogens is 160 g/mol. The lowest BCUT2D eigenvalue weighted by atomic mass is 10.1. The number of nitrogens with one attached hydrogen (secondary N) is 1. The first kappa shape index (κ1) is 11.0. The highest BCUT2D eigenvalue weighted by Gasteiger charge is 2.23. The number of hydrogen-bond acceptors (Lipinski definition) is 2. The van der Waals surface area contributed by atoms with Gasteiger partial charge in [0, 0.05) is 25.2 Å². The average Bonchev–Trinajstić information content (AvgIpc) is 2.03. The van der Waals surface area contributed by atoms with Gasteiger partial charge in [0.1, 0.15) is 0 Å². The van der Waals surface area contributed by atoms with Gasteiger partial charge in [-0.1, -0.05) is 13.8 Å². The van der Waals surface area contributed by atoms with Crippen LogP contribution in [-0.2, 0) is 0 Å². The van der Waals surface area contributed by atoms with Crippen molar-refractivity contribution in [3.63, 3.8) is 0 Å². The van der Waals surface area contributed by atoms with Crippen LogP contribution in [-0.4, -0.2) is 36.6 Å². The summed E-state index contributed by atoms with van der Waals surface area (Å²) in [6.07, 6.45) is 1.33. The van der Waals surface area contributed by atoms with Crippen molar-refractivity contribution in [2.45, 2.75) is 46.2 Å². The Hall–Kier alpha value is -0.0800. The van der Waals surface area contributed by atoms with E-state index in [2.05, 4.69) is 37.9 Å². The molecule has 0 spiro atoms. The smallest absolute Gasteiger partial charge is 0.0195 e. The van der Waals surface area contributed by atoms with E-state index < -0.39 is 0 Å². The van der Waals surface area contributed by atoms with Crippen molar-refractivity contribution in [3.8, 4) is 0 Å². The average molecular weight is 184 g/mol. The largest absolute Gasteiger partial charge is 0.314 e. The van der Waals surface area contributed by atoms with Crippen molar-refractivity contribution >= 4 is 0 Å². The molecule has 0 saturated carbocycles. The van der Waals surface area contributed by atoms with Gasteiger partial charge in [-0.25, -0.2) is 0 Å². The quantitative estimate of drug-likeness (QED) is 0.718. The molecule has 1 N–H and O–H groups in total. The molecule has 1 saturated heterocycles. The maximum Gasteiger partial charge on any atom is 0.0195 e. The van der Waals surface area contributed by atoms with Gasteiger partial charge in [0.25, 0.3) is 0 Å². The van der Waals surface area contributed by atoms with E-state index in [0.717, 1.165) is 19.0 Å². The fraction of sp³-hybridized carbons (Fsp3) is 1.00. The van der Waals surface area contributed by atoms with Crippen LogP contribution in [0.25, 0.3) is 0 Å². The molecule has 0 bridgehead atoms. The Morgan fingerprint density at radius 2 is 1.77 bits per heavy atom. The molecule has 2 nitrogen and oxygen atoms in total. The molecule has 0 aromatic heterocycles. The highest BCUT2D eigenvalue weighted by atomic mass is 15.2. The predicted octanol–water partition coefficient (Wildman–Crippen LogP) is 1.71. The topological polar surface area (TPSA) is 15.3 Å². The molecule has 0 aromatic carbocycles. The highest BCUT2D eigenvalue weighted by Crippen LogP contribution is 2.12. The zero-order valence-corrected chi connectivity index (χ0v) is 9.51. The molecule has 1 aliphatic heterocycles. The Morgan fingerprint density at radius 1 is 1.23 bits per heavy atom. The van der Waals surface area contributed by atoms with Gasteiger partial charge in [-0.3, -0.25) is 4.90 Å². The van der Waals surface area contributed by atoms with Crippen LogP contribution in [0.15, 0.2) is 0 Å². The van der Waals surface area contributed by atoms with Gasteiger partial charge in [-0.15, -0.1) is 0 Å². The van der Waals surface area contributed by atoms with E-state index in [1.807, 2.05) is 0 Å². The molecule has 1 fully saturated rings. The number of rotatable bonds is 3. The second-order valence-electron chi connectivity index (χ2n) is 4.78. The first-order chi connectivity index (χ1) is 6.11. The van der Waals surface area contributed by atoms with Gasteiger partial charge in [0.15, 0.2) is 0 Å². The van der Waals surface area contributed by atoms with E-state index in [0.29, 0.717) is 12.1 Å². The summed E-state index contributed by atoms with van der Waals surface area (Å²) in [6, 6.07) is 1.42. The molecule has 1 rings (SSSR count). The molecule has 0 radical (unpaired) electrons. The monoisotopic (exact) mass is 184 g/mol. The van der Waals surface area contributed by atoms with Crippen molar-refractivity contribution in [1.82, 2.24) is 10.2 Å². The van der Waals surface area contributed by atoms with Gasteiger partial charge in [0.2, 0.25) is 0 Å². The summed E-state index contributed by atoms with van der Waals surface area (Å²) in [5, 5.41) is 3.46. The number of piperazine rings is 1. The van der Waals surface area contributed by atoms with Crippen molar-refractivity contribution in [2.75, 3.05) is 19.6 Å². The Bertz CT molecular complexity index is 135. The lowest BCUT2D eigenvalue weighted by Crippen LogP contribution is -2.55. The van der Waals surface area contributed by atoms with Gasteiger partial charge in [-0.2, -0.15) is 0 Å². The Morgan fingerprint density at radius 3 is 2.23 bits per heavy atom. The first-order valence-corrected chi connectivity index (χ1v) is 5.57. The lowest BCUT2D eigenvalue weighted by molar-refractivity contribution is 0.111. The Kier molecular flexibility index (Phi) is 4.20. The van der Waals surface area contributed by atoms with Crippen LogP contribution in [0.2, 0.25) is 0 Å². The van der Waals surface area contributed by atoms with Gasteiger partial charge in [-0.05, 0) is 32.7 Å². The zero-order chi connectivity index (χ0) is 9.84. The molecule has 2 atom stereocenters. The van der Waals surface area contributed by atoms with E-state index in [-0.39, 0.29) is 0 Å². The third kappa shape index (κ3) is 3.28. The normalized spacial score (nSPS) is 31.2. The maximum absolute atomic E-state index is 3.46. The van der Waals surface area contributed by atoms with Crippen LogP contribution in [0.3, 0.4) is 0 Å². The summed E-state index contributed by atoms with van der Waals surface area (Å²) < 4.78 is 0. The molecule has 0 amide bonds. The highest BCUT2D eigenvalue weighted by molar-refractivity contribution is 4.82. The standard InChI is InChI=1S/C11H24N2/c1-9(2)5-6-13-10(3)7-12-8-11(13)4/h9-12H,5-8H2,1-4H3. The van der Waals surface area contributed by atoms with E-state index >= 15 is 0 Å². The maximum atomic E-state index is 3.46. The summed E-state index contributed by atoms with van der Waals surface area (Å²) in [5.74, 6) is 0.828. The van der Waals surface area contributed by atoms with Gasteiger partial charge < -0.3 is 5.32 Å². The van der Waals surface area contributed by atoms with Crippen molar-refractivity contribution in [3.05, 3.63) is 0 Å². The minimum absolute atomic E-state index is 0.711. The molecule has 1 aliphatic rings. The third-order valence-electron chi connectivity index (χ3n) is 2.98. The van der Waals surface area contributed by atoms with Crippen LogP contribution in [0.1, 0.15) is 34.1 Å². The van der Waals surface area contributed by atoms with E-state index in [1.54, 1.807) is 0 Å². The molecule has 2 unspecified atom stereocenters. The van der Waals surface area contributed by atoms with Crippen LogP contribution in [0.5, 0.6) is 0 Å². The summed E-state index contributed by atoms with van der Waals surface area (Å²) in [5.41, 5.74) is 0. The first-order valence-electron chi connectivity index (χ1n) is 5.57. The predicted molar refractivity (Wildman–Crippen MR) is 58.0 cm³/mol. The number of hydrogen-bond donors (Lipinski definition) is 1. The second kappa shape index (κ2) is 4.97. The van der Waals surface area contributed by atoms with Crippen LogP contribution >= 0.6 is 0 Å². The van der Waals surface area contributed by atoms with E-state index in [4.69, 9.17) is 0 Å². The zero-order valence-electron chi connectivity index (χ0n) is 9.51. The van der Waals surface area contributed by atoms with Crippen LogP contribution in [0.4, 0.5) is 0 Å². The molecular formula is C11H24N2. The van der Waals surface area contributed by atoms with E-state index in [1.165, 1.54) is 13.0 Å². The Balaban J connectivity index is 2.35. The van der Waals surface area contributed by atoms with Crippen LogP contribution < -0.4 is 5.32 Å². The molecule has 2 heteroatoms. The van der Waals surface area contributed by atoms with Gasteiger partial charge in [0.05, 0.1) is 0 Å². The van der Waals surface area contributed by atoms with Crippen LogP contribution in [0, 0.1) is 5.92 Å². The molecule has 0 aliphatic carbocycles. The SMILES string of the molecule is CC(C)CCN1C(C)CNCC1C. The number of nitrogens with zero attached hydrogens (tertiary/aromatic N) is 1.